The van der Waals surface area contributed by atoms with Crippen molar-refractivity contribution in [2.24, 2.45) is 0 Å². The summed E-state index contributed by atoms with van der Waals surface area (Å²) in [5.41, 5.74) is 2.10. The van der Waals surface area contributed by atoms with Crippen LogP contribution in [0.5, 0.6) is 0 Å². The van der Waals surface area contributed by atoms with E-state index < -0.39 is 0 Å². The lowest BCUT2D eigenvalue weighted by Crippen LogP contribution is -2.31. The molecule has 4 nitrogen and oxygen atoms in total. The van der Waals surface area contributed by atoms with E-state index in [0.717, 1.165) is 15.4 Å². The minimum Gasteiger partial charge on any atom is -0.275 e. The van der Waals surface area contributed by atoms with Crippen molar-refractivity contribution in [3.8, 4) is 0 Å². The fraction of sp³-hybridized carbons (Fsp3) is 0.0667. The summed E-state index contributed by atoms with van der Waals surface area (Å²) in [7, 11) is 0. The number of aromatic amines is 1. The molecule has 0 bridgehead atoms. The number of carbonyl (C=O) groups excluding carboxylic acids is 1. The summed E-state index contributed by atoms with van der Waals surface area (Å²) in [6, 6.07) is 7.40. The first-order valence-electron chi connectivity index (χ1n) is 6.05. The number of amides is 1. The number of nitrogens with one attached hydrogen (secondary N) is 1. The number of hydrogen-bond donors (Lipinski definition) is 1. The molecule has 0 radical (unpaired) electrons. The number of halogens is 1. The lowest BCUT2D eigenvalue weighted by Gasteiger charge is -2.13. The van der Waals surface area contributed by atoms with Crippen LogP contribution in [0.1, 0.15) is 22.8 Å². The van der Waals surface area contributed by atoms with Crippen LogP contribution in [-0.4, -0.2) is 16.1 Å². The summed E-state index contributed by atoms with van der Waals surface area (Å²) in [5, 5.41) is 8.54. The molecular formula is C15H12BrN3O. The number of carbonyl (C=O) groups is 1. The van der Waals surface area contributed by atoms with Gasteiger partial charge in [0.15, 0.2) is 5.82 Å². The van der Waals surface area contributed by atoms with Gasteiger partial charge >= 0.3 is 0 Å². The molecule has 2 aromatic rings. The highest BCUT2D eigenvalue weighted by Crippen LogP contribution is 2.32. The van der Waals surface area contributed by atoms with Crippen molar-refractivity contribution in [3.05, 3.63) is 52.5 Å². The maximum absolute atomic E-state index is 12.5. The second-order valence-electron chi connectivity index (χ2n) is 4.57. The van der Waals surface area contributed by atoms with Crippen molar-refractivity contribution in [1.82, 2.24) is 10.2 Å². The van der Waals surface area contributed by atoms with Crippen LogP contribution in [0, 0.1) is 0 Å². The Kier molecular flexibility index (Phi) is 2.87. The van der Waals surface area contributed by atoms with Crippen molar-refractivity contribution < 1.29 is 4.79 Å². The van der Waals surface area contributed by atoms with Crippen LogP contribution in [0.2, 0.25) is 0 Å². The van der Waals surface area contributed by atoms with Gasteiger partial charge in [-0.2, -0.15) is 5.10 Å². The van der Waals surface area contributed by atoms with Gasteiger partial charge < -0.3 is 0 Å². The Morgan fingerprint density at radius 1 is 1.30 bits per heavy atom. The number of hydrogen-bond acceptors (Lipinski definition) is 2. The van der Waals surface area contributed by atoms with E-state index in [1.165, 1.54) is 4.90 Å². The maximum atomic E-state index is 12.5. The van der Waals surface area contributed by atoms with Crippen molar-refractivity contribution in [2.45, 2.75) is 6.92 Å². The average Bonchev–Trinajstić information content (AvgIpc) is 2.91. The number of H-pyrrole nitrogens is 1. The summed E-state index contributed by atoms with van der Waals surface area (Å²) >= 11 is 3.39. The molecule has 0 spiro atoms. The lowest BCUT2D eigenvalue weighted by molar-refractivity contribution is 0.100. The van der Waals surface area contributed by atoms with Gasteiger partial charge in [0.1, 0.15) is 0 Å². The largest absolute Gasteiger partial charge is 0.275 e. The minimum atomic E-state index is -0.124. The van der Waals surface area contributed by atoms with Crippen molar-refractivity contribution in [2.75, 3.05) is 4.90 Å². The fourth-order valence-electron chi connectivity index (χ4n) is 2.33. The first kappa shape index (κ1) is 12.9. The molecular weight excluding hydrogens is 318 g/mol. The molecule has 0 unspecified atom stereocenters. The second kappa shape index (κ2) is 4.45. The maximum Gasteiger partial charge on any atom is 0.264 e. The third-order valence-corrected chi connectivity index (χ3v) is 3.74. The molecule has 0 atom stereocenters. The predicted molar refractivity (Wildman–Crippen MR) is 83.7 cm³/mol. The first-order chi connectivity index (χ1) is 9.52. The Morgan fingerprint density at radius 2 is 1.95 bits per heavy atom. The molecule has 1 aromatic heterocycles. The van der Waals surface area contributed by atoms with Gasteiger partial charge in [-0.1, -0.05) is 47.3 Å². The Labute approximate surface area is 124 Å². The highest BCUT2D eigenvalue weighted by atomic mass is 79.9. The average molecular weight is 330 g/mol. The van der Waals surface area contributed by atoms with E-state index in [-0.39, 0.29) is 5.91 Å². The minimum absolute atomic E-state index is 0.124. The van der Waals surface area contributed by atoms with E-state index in [1.54, 1.807) is 6.07 Å². The number of anilines is 1. The molecule has 0 fully saturated rings. The zero-order valence-corrected chi connectivity index (χ0v) is 12.5. The van der Waals surface area contributed by atoms with Crippen LogP contribution in [0.15, 0.2) is 30.8 Å². The molecule has 2 heterocycles. The first-order valence-corrected chi connectivity index (χ1v) is 6.84. The molecule has 1 aliphatic heterocycles. The number of fused-ring (bicyclic) bond motifs is 1. The Bertz CT molecular complexity index is 811. The van der Waals surface area contributed by atoms with Gasteiger partial charge in [0.05, 0.1) is 11.0 Å². The second-order valence-corrected chi connectivity index (χ2v) is 5.76. The van der Waals surface area contributed by atoms with Gasteiger partial charge in [-0.15, -0.1) is 0 Å². The van der Waals surface area contributed by atoms with Crippen molar-refractivity contribution in [3.63, 3.8) is 0 Å². The fourth-order valence-corrected chi connectivity index (χ4v) is 2.66. The van der Waals surface area contributed by atoms with Gasteiger partial charge in [-0.05, 0) is 13.0 Å². The summed E-state index contributed by atoms with van der Waals surface area (Å²) in [6.07, 6.45) is 0. The summed E-state index contributed by atoms with van der Waals surface area (Å²) in [5.74, 6) is 0.366. The monoisotopic (exact) mass is 329 g/mol. The van der Waals surface area contributed by atoms with Crippen molar-refractivity contribution in [1.29, 1.82) is 0 Å². The quantitative estimate of drug-likeness (QED) is 0.869. The van der Waals surface area contributed by atoms with Gasteiger partial charge in [-0.3, -0.25) is 14.8 Å². The molecule has 1 aromatic carbocycles. The molecule has 100 valence electrons. The zero-order valence-electron chi connectivity index (χ0n) is 10.9. The number of nitrogens with zero attached hydrogens (tertiary/aromatic N) is 2. The SMILES string of the molecule is C=C1c2ccccc2C(=O)N1c1n[nH]/c(=C(/C)Br)c1=C. The molecule has 3 rings (SSSR count). The van der Waals surface area contributed by atoms with Crippen LogP contribution in [0.25, 0.3) is 16.8 Å². The predicted octanol–water partition coefficient (Wildman–Crippen LogP) is 1.97. The zero-order chi connectivity index (χ0) is 14.4. The van der Waals surface area contributed by atoms with Crippen LogP contribution < -0.4 is 15.5 Å². The smallest absolute Gasteiger partial charge is 0.264 e. The summed E-state index contributed by atoms with van der Waals surface area (Å²) in [4.78, 5) is 14.0. The highest BCUT2D eigenvalue weighted by Gasteiger charge is 2.33. The van der Waals surface area contributed by atoms with Gasteiger partial charge in [-0.25, -0.2) is 0 Å². The van der Waals surface area contributed by atoms with Gasteiger partial charge in [0.25, 0.3) is 5.91 Å². The van der Waals surface area contributed by atoms with E-state index in [1.807, 2.05) is 25.1 Å². The molecule has 1 aliphatic rings. The van der Waals surface area contributed by atoms with Crippen LogP contribution in [-0.2, 0) is 0 Å². The van der Waals surface area contributed by atoms with Crippen molar-refractivity contribution >= 4 is 44.4 Å². The Balaban J connectivity index is 2.20. The van der Waals surface area contributed by atoms with Crippen LogP contribution in [0.4, 0.5) is 5.82 Å². The normalized spacial score (nSPS) is 15.6. The van der Waals surface area contributed by atoms with Crippen LogP contribution >= 0.6 is 15.9 Å². The van der Waals surface area contributed by atoms with Gasteiger partial charge in [0, 0.05) is 20.8 Å². The van der Waals surface area contributed by atoms with Crippen LogP contribution in [0.3, 0.4) is 0 Å². The number of benzene rings is 1. The molecule has 20 heavy (non-hydrogen) atoms. The molecule has 0 aliphatic carbocycles. The molecule has 5 heteroatoms. The number of aromatic nitrogens is 2. The Hall–Kier alpha value is -2.14. The topological polar surface area (TPSA) is 49.0 Å². The molecule has 0 saturated heterocycles. The summed E-state index contributed by atoms with van der Waals surface area (Å²) < 4.78 is 0.885. The standard InChI is InChI=1S/C15H12BrN3O/c1-8-13(9(2)16)17-18-14(8)19-10(3)11-6-4-5-7-12(11)15(19)20/h4-7,17H,1,3H2,2H3/b13-9-. The highest BCUT2D eigenvalue weighted by molar-refractivity contribution is 9.14. The van der Waals surface area contributed by atoms with E-state index in [4.69, 9.17) is 0 Å². The van der Waals surface area contributed by atoms with E-state index >= 15 is 0 Å². The van der Waals surface area contributed by atoms with E-state index in [0.29, 0.717) is 22.3 Å². The Morgan fingerprint density at radius 3 is 2.50 bits per heavy atom. The summed E-state index contributed by atoms with van der Waals surface area (Å²) in [6.45, 7) is 9.89. The number of rotatable bonds is 1. The van der Waals surface area contributed by atoms with E-state index in [2.05, 4.69) is 39.3 Å². The third-order valence-electron chi connectivity index (χ3n) is 3.34. The molecule has 1 amide bonds. The van der Waals surface area contributed by atoms with E-state index in [9.17, 15) is 4.79 Å². The molecule has 0 saturated carbocycles. The third kappa shape index (κ3) is 1.67. The molecule has 1 N–H and O–H groups in total. The lowest BCUT2D eigenvalue weighted by atomic mass is 10.1. The van der Waals surface area contributed by atoms with Gasteiger partial charge in [0.2, 0.25) is 0 Å².